The van der Waals surface area contributed by atoms with E-state index in [1.807, 2.05) is 36.4 Å². The molecule has 0 aliphatic carbocycles. The standard InChI is InChI=1S/C17H12ClN/c1-2-16-13(12-7-4-3-5-8-12)11-14-15(18)9-6-10-17(14)19-16/h2-11H,1H2. The molecule has 2 heteroatoms. The molecule has 1 heterocycles. The van der Waals surface area contributed by atoms with Gasteiger partial charge in [0, 0.05) is 16.0 Å². The molecule has 0 saturated heterocycles. The predicted octanol–water partition coefficient (Wildman–Crippen LogP) is 5.20. The van der Waals surface area contributed by atoms with Gasteiger partial charge in [0.05, 0.1) is 11.2 Å². The van der Waals surface area contributed by atoms with Gasteiger partial charge in [-0.2, -0.15) is 0 Å². The van der Waals surface area contributed by atoms with Crippen molar-refractivity contribution in [3.63, 3.8) is 0 Å². The summed E-state index contributed by atoms with van der Waals surface area (Å²) in [4.78, 5) is 4.63. The number of halogens is 1. The summed E-state index contributed by atoms with van der Waals surface area (Å²) in [6, 6.07) is 18.0. The molecule has 0 bridgehead atoms. The number of hydrogen-bond acceptors (Lipinski definition) is 1. The lowest BCUT2D eigenvalue weighted by molar-refractivity contribution is 1.37. The number of pyridine rings is 1. The van der Waals surface area contributed by atoms with Crippen LogP contribution in [0.1, 0.15) is 5.69 Å². The van der Waals surface area contributed by atoms with Gasteiger partial charge in [0.15, 0.2) is 0 Å². The van der Waals surface area contributed by atoms with Crippen LogP contribution in [-0.2, 0) is 0 Å². The van der Waals surface area contributed by atoms with Crippen LogP contribution >= 0.6 is 11.6 Å². The van der Waals surface area contributed by atoms with Crippen molar-refractivity contribution in [2.24, 2.45) is 0 Å². The van der Waals surface area contributed by atoms with Crippen molar-refractivity contribution in [2.75, 3.05) is 0 Å². The fourth-order valence-corrected chi connectivity index (χ4v) is 2.40. The average molecular weight is 266 g/mol. The maximum Gasteiger partial charge on any atom is 0.0724 e. The Morgan fingerprint density at radius 3 is 2.53 bits per heavy atom. The summed E-state index contributed by atoms with van der Waals surface area (Å²) >= 11 is 6.25. The van der Waals surface area contributed by atoms with E-state index in [0.29, 0.717) is 0 Å². The SMILES string of the molecule is C=Cc1nc2cccc(Cl)c2cc1-c1ccccc1. The van der Waals surface area contributed by atoms with Gasteiger partial charge in [0.2, 0.25) is 0 Å². The van der Waals surface area contributed by atoms with E-state index in [9.17, 15) is 0 Å². The molecule has 0 unspecified atom stereocenters. The van der Waals surface area contributed by atoms with Gasteiger partial charge in [0.1, 0.15) is 0 Å². The van der Waals surface area contributed by atoms with Crippen molar-refractivity contribution >= 4 is 28.6 Å². The van der Waals surface area contributed by atoms with E-state index in [-0.39, 0.29) is 0 Å². The summed E-state index contributed by atoms with van der Waals surface area (Å²) in [7, 11) is 0. The molecule has 1 nitrogen and oxygen atoms in total. The highest BCUT2D eigenvalue weighted by Gasteiger charge is 2.08. The number of aromatic nitrogens is 1. The molecule has 0 N–H and O–H groups in total. The second-order valence-electron chi connectivity index (χ2n) is 4.30. The molecule has 0 saturated carbocycles. The third-order valence-electron chi connectivity index (χ3n) is 3.11. The maximum atomic E-state index is 6.25. The smallest absolute Gasteiger partial charge is 0.0724 e. The molecule has 3 aromatic rings. The summed E-state index contributed by atoms with van der Waals surface area (Å²) in [5.74, 6) is 0. The minimum Gasteiger partial charge on any atom is -0.248 e. The van der Waals surface area contributed by atoms with Crippen molar-refractivity contribution in [2.45, 2.75) is 0 Å². The zero-order chi connectivity index (χ0) is 13.2. The Kier molecular flexibility index (Phi) is 3.06. The van der Waals surface area contributed by atoms with Gasteiger partial charge in [-0.05, 0) is 29.8 Å². The van der Waals surface area contributed by atoms with Crippen LogP contribution in [0.3, 0.4) is 0 Å². The molecule has 0 spiro atoms. The van der Waals surface area contributed by atoms with Gasteiger partial charge in [-0.25, -0.2) is 4.98 Å². The van der Waals surface area contributed by atoms with Gasteiger partial charge < -0.3 is 0 Å². The minimum atomic E-state index is 0.720. The Morgan fingerprint density at radius 1 is 1.00 bits per heavy atom. The molecule has 19 heavy (non-hydrogen) atoms. The molecule has 0 aliphatic rings. The maximum absolute atomic E-state index is 6.25. The molecular weight excluding hydrogens is 254 g/mol. The summed E-state index contributed by atoms with van der Waals surface area (Å²) in [5.41, 5.74) is 3.94. The van der Waals surface area contributed by atoms with Crippen LogP contribution in [0.15, 0.2) is 61.2 Å². The largest absolute Gasteiger partial charge is 0.248 e. The highest BCUT2D eigenvalue weighted by atomic mass is 35.5. The van der Waals surface area contributed by atoms with Crippen LogP contribution in [0.2, 0.25) is 5.02 Å². The number of nitrogens with zero attached hydrogens (tertiary/aromatic N) is 1. The second kappa shape index (κ2) is 4.87. The molecule has 2 aromatic carbocycles. The first-order chi connectivity index (χ1) is 9.29. The Labute approximate surface area is 117 Å². The highest BCUT2D eigenvalue weighted by molar-refractivity contribution is 6.35. The minimum absolute atomic E-state index is 0.720. The fraction of sp³-hybridized carbons (Fsp3) is 0. The van der Waals surface area contributed by atoms with Crippen LogP contribution in [0, 0.1) is 0 Å². The molecule has 0 radical (unpaired) electrons. The zero-order valence-electron chi connectivity index (χ0n) is 10.3. The van der Waals surface area contributed by atoms with Gasteiger partial charge in [-0.3, -0.25) is 0 Å². The van der Waals surface area contributed by atoms with Crippen molar-refractivity contribution in [3.05, 3.63) is 71.9 Å². The van der Waals surface area contributed by atoms with Gasteiger partial charge in [-0.15, -0.1) is 0 Å². The first kappa shape index (κ1) is 11.9. The van der Waals surface area contributed by atoms with Crippen molar-refractivity contribution in [1.82, 2.24) is 4.98 Å². The van der Waals surface area contributed by atoms with Gasteiger partial charge in [-0.1, -0.05) is 54.6 Å². The Balaban J connectivity index is 2.35. The number of benzene rings is 2. The van der Waals surface area contributed by atoms with E-state index in [4.69, 9.17) is 11.6 Å². The van der Waals surface area contributed by atoms with E-state index >= 15 is 0 Å². The highest BCUT2D eigenvalue weighted by Crippen LogP contribution is 2.30. The number of rotatable bonds is 2. The molecular formula is C17H12ClN. The van der Waals surface area contributed by atoms with Crippen LogP contribution < -0.4 is 0 Å². The number of hydrogen-bond donors (Lipinski definition) is 0. The Hall–Kier alpha value is -2.12. The lowest BCUT2D eigenvalue weighted by atomic mass is 10.0. The second-order valence-corrected chi connectivity index (χ2v) is 4.71. The van der Waals surface area contributed by atoms with Crippen molar-refractivity contribution < 1.29 is 0 Å². The lowest BCUT2D eigenvalue weighted by Gasteiger charge is -2.09. The van der Waals surface area contributed by atoms with E-state index in [1.165, 1.54) is 0 Å². The molecule has 0 fully saturated rings. The fourth-order valence-electron chi connectivity index (χ4n) is 2.18. The molecule has 3 rings (SSSR count). The van der Waals surface area contributed by atoms with Gasteiger partial charge in [0.25, 0.3) is 0 Å². The van der Waals surface area contributed by atoms with Crippen LogP contribution in [0.5, 0.6) is 0 Å². The quantitative estimate of drug-likeness (QED) is 0.621. The zero-order valence-corrected chi connectivity index (χ0v) is 11.1. The van der Waals surface area contributed by atoms with Crippen molar-refractivity contribution in [1.29, 1.82) is 0 Å². The van der Waals surface area contributed by atoms with Crippen molar-refractivity contribution in [3.8, 4) is 11.1 Å². The number of fused-ring (bicyclic) bond motifs is 1. The Morgan fingerprint density at radius 2 is 1.79 bits per heavy atom. The molecule has 0 aliphatic heterocycles. The lowest BCUT2D eigenvalue weighted by Crippen LogP contribution is -1.90. The van der Waals surface area contributed by atoms with E-state index in [1.54, 1.807) is 6.08 Å². The van der Waals surface area contributed by atoms with E-state index in [2.05, 4.69) is 29.8 Å². The van der Waals surface area contributed by atoms with E-state index in [0.717, 1.165) is 32.7 Å². The van der Waals surface area contributed by atoms with Gasteiger partial charge >= 0.3 is 0 Å². The summed E-state index contributed by atoms with van der Waals surface area (Å²) in [6.07, 6.45) is 1.78. The summed E-state index contributed by atoms with van der Waals surface area (Å²) in [5, 5.41) is 1.69. The molecule has 1 aromatic heterocycles. The monoisotopic (exact) mass is 265 g/mol. The summed E-state index contributed by atoms with van der Waals surface area (Å²) in [6.45, 7) is 3.85. The van der Waals surface area contributed by atoms with Crippen LogP contribution in [0.4, 0.5) is 0 Å². The van der Waals surface area contributed by atoms with Crippen LogP contribution in [-0.4, -0.2) is 4.98 Å². The predicted molar refractivity (Wildman–Crippen MR) is 82.3 cm³/mol. The first-order valence-corrected chi connectivity index (χ1v) is 6.44. The summed E-state index contributed by atoms with van der Waals surface area (Å²) < 4.78 is 0. The third-order valence-corrected chi connectivity index (χ3v) is 3.44. The first-order valence-electron chi connectivity index (χ1n) is 6.07. The normalized spacial score (nSPS) is 10.6. The average Bonchev–Trinajstić information content (AvgIpc) is 2.47. The third kappa shape index (κ3) is 2.13. The Bertz CT molecular complexity index is 748. The topological polar surface area (TPSA) is 12.9 Å². The molecule has 0 atom stereocenters. The van der Waals surface area contributed by atoms with E-state index < -0.39 is 0 Å². The molecule has 0 amide bonds. The molecule has 92 valence electrons. The van der Waals surface area contributed by atoms with Crippen LogP contribution in [0.25, 0.3) is 28.1 Å².